The van der Waals surface area contributed by atoms with E-state index in [1.54, 1.807) is 0 Å². The maximum absolute atomic E-state index is 12.0. The van der Waals surface area contributed by atoms with Crippen LogP contribution in [0, 0.1) is 5.92 Å². The number of benzene rings is 1. The van der Waals surface area contributed by atoms with E-state index in [0.29, 0.717) is 5.95 Å². The summed E-state index contributed by atoms with van der Waals surface area (Å²) in [5.74, 6) is 0.664. The minimum absolute atomic E-state index is 0.0541. The highest BCUT2D eigenvalue weighted by Gasteiger charge is 2.19. The highest BCUT2D eigenvalue weighted by atomic mass is 16.2. The molecule has 1 aromatic heterocycles. The first kappa shape index (κ1) is 11.0. The van der Waals surface area contributed by atoms with Gasteiger partial charge in [-0.1, -0.05) is 24.3 Å². The van der Waals surface area contributed by atoms with E-state index in [9.17, 15) is 4.79 Å². The zero-order valence-electron chi connectivity index (χ0n) is 10.0. The van der Waals surface area contributed by atoms with Gasteiger partial charge in [0, 0.05) is 5.92 Å². The average Bonchev–Trinajstić information content (AvgIpc) is 2.82. The monoisotopic (exact) mass is 241 g/mol. The van der Waals surface area contributed by atoms with E-state index in [4.69, 9.17) is 0 Å². The summed E-state index contributed by atoms with van der Waals surface area (Å²) in [5, 5.41) is 2.86. The van der Waals surface area contributed by atoms with Crippen LogP contribution in [0.4, 0.5) is 5.95 Å². The zero-order valence-corrected chi connectivity index (χ0v) is 10.0. The van der Waals surface area contributed by atoms with Crippen LogP contribution in [0.25, 0.3) is 11.0 Å². The number of hydrogen-bond donors (Lipinski definition) is 2. The fourth-order valence-electron chi connectivity index (χ4n) is 2.26. The van der Waals surface area contributed by atoms with E-state index >= 15 is 0 Å². The number of aromatic amines is 1. The molecule has 2 N–H and O–H groups in total. The van der Waals surface area contributed by atoms with E-state index in [-0.39, 0.29) is 11.8 Å². The maximum Gasteiger partial charge on any atom is 0.230 e. The molecule has 0 saturated heterocycles. The molecule has 0 fully saturated rings. The summed E-state index contributed by atoms with van der Waals surface area (Å²) in [6.45, 7) is 0. The summed E-state index contributed by atoms with van der Waals surface area (Å²) in [6, 6.07) is 7.74. The standard InChI is InChI=1S/C14H15N3O/c18-13(10-6-2-1-3-7-10)17-14-15-11-8-4-5-9-12(11)16-14/h1-2,4-5,8-10H,3,6-7H2,(H2,15,16,17,18)/t10-/m1/s1. The molecule has 0 saturated carbocycles. The van der Waals surface area contributed by atoms with E-state index in [1.165, 1.54) is 0 Å². The van der Waals surface area contributed by atoms with Crippen molar-refractivity contribution in [2.24, 2.45) is 5.92 Å². The van der Waals surface area contributed by atoms with Crippen molar-refractivity contribution in [1.82, 2.24) is 9.97 Å². The van der Waals surface area contributed by atoms with Gasteiger partial charge in [-0.2, -0.15) is 0 Å². The maximum atomic E-state index is 12.0. The molecule has 0 aliphatic heterocycles. The molecule has 92 valence electrons. The van der Waals surface area contributed by atoms with Gasteiger partial charge in [-0.05, 0) is 31.4 Å². The predicted molar refractivity (Wildman–Crippen MR) is 71.2 cm³/mol. The molecule has 2 aromatic rings. The first-order valence-electron chi connectivity index (χ1n) is 6.23. The third-order valence-electron chi connectivity index (χ3n) is 3.27. The Morgan fingerprint density at radius 3 is 3.00 bits per heavy atom. The van der Waals surface area contributed by atoms with Gasteiger partial charge in [0.05, 0.1) is 11.0 Å². The Balaban J connectivity index is 1.75. The highest BCUT2D eigenvalue weighted by Crippen LogP contribution is 2.20. The number of H-pyrrole nitrogens is 1. The number of fused-ring (bicyclic) bond motifs is 1. The van der Waals surface area contributed by atoms with Gasteiger partial charge < -0.3 is 4.98 Å². The van der Waals surface area contributed by atoms with Crippen molar-refractivity contribution in [3.05, 3.63) is 36.4 Å². The number of imidazole rings is 1. The second kappa shape index (κ2) is 4.64. The minimum Gasteiger partial charge on any atom is -0.324 e. The average molecular weight is 241 g/mol. The summed E-state index contributed by atoms with van der Waals surface area (Å²) in [4.78, 5) is 19.5. The lowest BCUT2D eigenvalue weighted by molar-refractivity contribution is -0.120. The molecule has 1 aliphatic rings. The number of rotatable bonds is 2. The highest BCUT2D eigenvalue weighted by molar-refractivity contribution is 5.92. The van der Waals surface area contributed by atoms with E-state index < -0.39 is 0 Å². The lowest BCUT2D eigenvalue weighted by Crippen LogP contribution is -2.24. The van der Waals surface area contributed by atoms with Crippen LogP contribution >= 0.6 is 0 Å². The molecule has 1 aliphatic carbocycles. The summed E-state index contributed by atoms with van der Waals surface area (Å²) in [6.07, 6.45) is 6.93. The number of carbonyl (C=O) groups is 1. The number of nitrogens with one attached hydrogen (secondary N) is 2. The number of hydrogen-bond acceptors (Lipinski definition) is 2. The van der Waals surface area contributed by atoms with E-state index in [2.05, 4.69) is 27.4 Å². The van der Waals surface area contributed by atoms with Crippen molar-refractivity contribution < 1.29 is 4.79 Å². The van der Waals surface area contributed by atoms with Crippen molar-refractivity contribution in [3.8, 4) is 0 Å². The molecule has 0 bridgehead atoms. The van der Waals surface area contributed by atoms with Crippen molar-refractivity contribution in [2.45, 2.75) is 19.3 Å². The summed E-state index contributed by atoms with van der Waals surface area (Å²) in [5.41, 5.74) is 1.81. The molecule has 0 spiro atoms. The van der Waals surface area contributed by atoms with Crippen LogP contribution < -0.4 is 5.32 Å². The van der Waals surface area contributed by atoms with Gasteiger partial charge >= 0.3 is 0 Å². The number of anilines is 1. The fraction of sp³-hybridized carbons (Fsp3) is 0.286. The number of allylic oxidation sites excluding steroid dienone is 2. The first-order chi connectivity index (χ1) is 8.83. The second-order valence-electron chi connectivity index (χ2n) is 4.57. The van der Waals surface area contributed by atoms with Gasteiger partial charge in [-0.15, -0.1) is 0 Å². The third-order valence-corrected chi connectivity index (χ3v) is 3.27. The molecule has 3 rings (SSSR count). The molecule has 1 atom stereocenters. The van der Waals surface area contributed by atoms with Crippen LogP contribution in [-0.4, -0.2) is 15.9 Å². The molecular formula is C14H15N3O. The van der Waals surface area contributed by atoms with Gasteiger partial charge in [0.1, 0.15) is 0 Å². The lowest BCUT2D eigenvalue weighted by atomic mass is 9.94. The van der Waals surface area contributed by atoms with E-state index in [1.807, 2.05) is 24.3 Å². The SMILES string of the molecule is O=C(Nc1nc2ccccc2[nH]1)[C@@H]1CC=CCC1. The van der Waals surface area contributed by atoms with Crippen LogP contribution in [0.5, 0.6) is 0 Å². The van der Waals surface area contributed by atoms with Crippen LogP contribution in [0.1, 0.15) is 19.3 Å². The molecule has 4 heteroatoms. The Bertz CT molecular complexity index is 567. The summed E-state index contributed by atoms with van der Waals surface area (Å²) in [7, 11) is 0. The molecule has 1 aromatic carbocycles. The second-order valence-corrected chi connectivity index (χ2v) is 4.57. The predicted octanol–water partition coefficient (Wildman–Crippen LogP) is 2.86. The number of para-hydroxylation sites is 2. The van der Waals surface area contributed by atoms with Gasteiger partial charge in [0.25, 0.3) is 0 Å². The van der Waals surface area contributed by atoms with Crippen molar-refractivity contribution in [3.63, 3.8) is 0 Å². The van der Waals surface area contributed by atoms with Crippen molar-refractivity contribution in [2.75, 3.05) is 5.32 Å². The Morgan fingerprint density at radius 1 is 1.33 bits per heavy atom. The molecule has 1 heterocycles. The molecule has 0 unspecified atom stereocenters. The van der Waals surface area contributed by atoms with Crippen LogP contribution in [0.15, 0.2) is 36.4 Å². The number of carbonyl (C=O) groups excluding carboxylic acids is 1. The smallest absolute Gasteiger partial charge is 0.230 e. The fourth-order valence-corrected chi connectivity index (χ4v) is 2.26. The van der Waals surface area contributed by atoms with Crippen molar-refractivity contribution >= 4 is 22.9 Å². The summed E-state index contributed by atoms with van der Waals surface area (Å²) < 4.78 is 0. The molecule has 4 nitrogen and oxygen atoms in total. The molecule has 0 radical (unpaired) electrons. The van der Waals surface area contributed by atoms with Gasteiger partial charge in [0.2, 0.25) is 11.9 Å². The normalized spacial score (nSPS) is 19.0. The van der Waals surface area contributed by atoms with Crippen LogP contribution in [0.3, 0.4) is 0 Å². The Morgan fingerprint density at radius 2 is 2.22 bits per heavy atom. The molecule has 1 amide bonds. The minimum atomic E-state index is 0.0541. The Kier molecular flexibility index (Phi) is 2.84. The number of aromatic nitrogens is 2. The van der Waals surface area contributed by atoms with Gasteiger partial charge in [-0.25, -0.2) is 4.98 Å². The molecular weight excluding hydrogens is 226 g/mol. The number of amides is 1. The van der Waals surface area contributed by atoms with Crippen molar-refractivity contribution in [1.29, 1.82) is 0 Å². The van der Waals surface area contributed by atoms with Crippen LogP contribution in [-0.2, 0) is 4.79 Å². The number of nitrogens with zero attached hydrogens (tertiary/aromatic N) is 1. The molecule has 18 heavy (non-hydrogen) atoms. The lowest BCUT2D eigenvalue weighted by Gasteiger charge is -2.15. The van der Waals surface area contributed by atoms with Gasteiger partial charge in [0.15, 0.2) is 0 Å². The topological polar surface area (TPSA) is 57.8 Å². The van der Waals surface area contributed by atoms with Crippen LogP contribution in [0.2, 0.25) is 0 Å². The summed E-state index contributed by atoms with van der Waals surface area (Å²) >= 11 is 0. The Labute approximate surface area is 105 Å². The van der Waals surface area contributed by atoms with Gasteiger partial charge in [-0.3, -0.25) is 10.1 Å². The largest absolute Gasteiger partial charge is 0.324 e. The zero-order chi connectivity index (χ0) is 12.4. The first-order valence-corrected chi connectivity index (χ1v) is 6.23. The quantitative estimate of drug-likeness (QED) is 0.794. The third kappa shape index (κ3) is 2.14. The Hall–Kier alpha value is -2.10. The van der Waals surface area contributed by atoms with E-state index in [0.717, 1.165) is 30.3 Å².